The average molecular weight is 385 g/mol. The van der Waals surface area contributed by atoms with Crippen LogP contribution in [0.2, 0.25) is 0 Å². The lowest BCUT2D eigenvalue weighted by atomic mass is 10.2. The SMILES string of the molecule is Cc1ccc(S(=O)(=O)C2(C(=O)N3CCN(c4ccccn4)CC3)CC2)cc1. The zero-order chi connectivity index (χ0) is 19.1. The van der Waals surface area contributed by atoms with Gasteiger partial charge in [-0.1, -0.05) is 23.8 Å². The van der Waals surface area contributed by atoms with Crippen molar-refractivity contribution in [3.05, 3.63) is 54.2 Å². The second-order valence-electron chi connectivity index (χ2n) is 7.28. The van der Waals surface area contributed by atoms with E-state index in [0.717, 1.165) is 11.4 Å². The number of nitrogens with zero attached hydrogens (tertiary/aromatic N) is 3. The molecule has 1 saturated heterocycles. The fourth-order valence-corrected chi connectivity index (χ4v) is 5.57. The predicted molar refractivity (Wildman–Crippen MR) is 103 cm³/mol. The number of hydrogen-bond acceptors (Lipinski definition) is 5. The van der Waals surface area contributed by atoms with Crippen molar-refractivity contribution in [1.82, 2.24) is 9.88 Å². The van der Waals surface area contributed by atoms with Gasteiger partial charge in [-0.25, -0.2) is 13.4 Å². The van der Waals surface area contributed by atoms with Crippen LogP contribution in [0.25, 0.3) is 0 Å². The van der Waals surface area contributed by atoms with E-state index >= 15 is 0 Å². The molecule has 0 bridgehead atoms. The van der Waals surface area contributed by atoms with E-state index in [2.05, 4.69) is 9.88 Å². The molecule has 0 unspecified atom stereocenters. The molecule has 0 N–H and O–H groups in total. The van der Waals surface area contributed by atoms with Gasteiger partial charge in [-0.15, -0.1) is 0 Å². The summed E-state index contributed by atoms with van der Waals surface area (Å²) in [6, 6.07) is 12.5. The number of rotatable bonds is 4. The van der Waals surface area contributed by atoms with Crippen LogP contribution in [-0.2, 0) is 14.6 Å². The number of aryl methyl sites for hydroxylation is 1. The third kappa shape index (κ3) is 3.10. The first kappa shape index (κ1) is 18.0. The van der Waals surface area contributed by atoms with E-state index < -0.39 is 14.6 Å². The molecule has 1 aromatic carbocycles. The highest BCUT2D eigenvalue weighted by Crippen LogP contribution is 2.48. The second-order valence-corrected chi connectivity index (χ2v) is 9.54. The number of carbonyl (C=O) groups is 1. The smallest absolute Gasteiger partial charge is 0.244 e. The van der Waals surface area contributed by atoms with E-state index in [-0.39, 0.29) is 10.8 Å². The van der Waals surface area contributed by atoms with E-state index in [4.69, 9.17) is 0 Å². The number of anilines is 1. The first-order valence-electron chi connectivity index (χ1n) is 9.21. The molecule has 0 radical (unpaired) electrons. The Morgan fingerprint density at radius 3 is 2.22 bits per heavy atom. The van der Waals surface area contributed by atoms with Gasteiger partial charge in [0.25, 0.3) is 0 Å². The molecule has 1 aliphatic heterocycles. The molecule has 2 aliphatic rings. The van der Waals surface area contributed by atoms with Gasteiger partial charge in [0.2, 0.25) is 5.91 Å². The summed E-state index contributed by atoms with van der Waals surface area (Å²) in [7, 11) is -3.68. The second kappa shape index (κ2) is 6.64. The minimum absolute atomic E-state index is 0.242. The van der Waals surface area contributed by atoms with Gasteiger partial charge >= 0.3 is 0 Å². The molecule has 7 heteroatoms. The van der Waals surface area contributed by atoms with Gasteiger partial charge in [-0.3, -0.25) is 4.79 Å². The average Bonchev–Trinajstić information content (AvgIpc) is 3.51. The maximum Gasteiger partial charge on any atom is 0.244 e. The Bertz CT molecular complexity index is 930. The summed E-state index contributed by atoms with van der Waals surface area (Å²) in [5, 5.41) is 0. The fraction of sp³-hybridized carbons (Fsp3) is 0.400. The molecule has 0 spiro atoms. The van der Waals surface area contributed by atoms with Crippen molar-refractivity contribution in [2.24, 2.45) is 0 Å². The van der Waals surface area contributed by atoms with E-state index in [9.17, 15) is 13.2 Å². The topological polar surface area (TPSA) is 70.6 Å². The van der Waals surface area contributed by atoms with E-state index in [1.54, 1.807) is 35.4 Å². The molecule has 0 atom stereocenters. The van der Waals surface area contributed by atoms with Crippen LogP contribution in [0.5, 0.6) is 0 Å². The quantitative estimate of drug-likeness (QED) is 0.806. The third-order valence-corrected chi connectivity index (χ3v) is 7.98. The van der Waals surface area contributed by atoms with Crippen molar-refractivity contribution in [2.45, 2.75) is 29.4 Å². The Kier molecular flexibility index (Phi) is 4.42. The van der Waals surface area contributed by atoms with Crippen LogP contribution in [0.15, 0.2) is 53.6 Å². The highest BCUT2D eigenvalue weighted by molar-refractivity contribution is 7.94. The lowest BCUT2D eigenvalue weighted by Crippen LogP contribution is -2.53. The number of hydrogen-bond donors (Lipinski definition) is 0. The molecule has 2 heterocycles. The number of piperazine rings is 1. The number of sulfone groups is 1. The van der Waals surface area contributed by atoms with Crippen LogP contribution in [0.4, 0.5) is 5.82 Å². The van der Waals surface area contributed by atoms with Gasteiger partial charge in [-0.2, -0.15) is 0 Å². The summed E-state index contributed by atoms with van der Waals surface area (Å²) in [6.45, 7) is 4.25. The summed E-state index contributed by atoms with van der Waals surface area (Å²) in [4.78, 5) is 21.5. The number of amides is 1. The highest BCUT2D eigenvalue weighted by Gasteiger charge is 2.62. The van der Waals surface area contributed by atoms with Gasteiger partial charge < -0.3 is 9.80 Å². The van der Waals surface area contributed by atoms with Gasteiger partial charge in [0.05, 0.1) is 4.90 Å². The molecule has 142 valence electrons. The molecule has 1 amide bonds. The molecule has 6 nitrogen and oxygen atoms in total. The number of pyridine rings is 1. The van der Waals surface area contributed by atoms with E-state index in [1.807, 2.05) is 25.1 Å². The van der Waals surface area contributed by atoms with Crippen LogP contribution in [0.1, 0.15) is 18.4 Å². The number of benzene rings is 1. The molecular formula is C20H23N3O3S. The van der Waals surface area contributed by atoms with Crippen molar-refractivity contribution < 1.29 is 13.2 Å². The van der Waals surface area contributed by atoms with Crippen LogP contribution < -0.4 is 4.90 Å². The summed E-state index contributed by atoms with van der Waals surface area (Å²) in [5.74, 6) is 0.641. The maximum absolute atomic E-state index is 13.1. The largest absolute Gasteiger partial charge is 0.353 e. The lowest BCUT2D eigenvalue weighted by Gasteiger charge is -2.37. The highest BCUT2D eigenvalue weighted by atomic mass is 32.2. The molecular weight excluding hydrogens is 362 g/mol. The summed E-state index contributed by atoms with van der Waals surface area (Å²) in [6.07, 6.45) is 2.56. The molecule has 1 aliphatic carbocycles. The zero-order valence-electron chi connectivity index (χ0n) is 15.3. The molecule has 2 fully saturated rings. The van der Waals surface area contributed by atoms with Gasteiger partial charge in [0, 0.05) is 32.4 Å². The van der Waals surface area contributed by atoms with Crippen LogP contribution in [-0.4, -0.2) is 55.1 Å². The van der Waals surface area contributed by atoms with Crippen LogP contribution >= 0.6 is 0 Å². The summed E-state index contributed by atoms with van der Waals surface area (Å²) in [5.41, 5.74) is 0.996. The molecule has 1 aromatic heterocycles. The number of carbonyl (C=O) groups excluding carboxylic acids is 1. The monoisotopic (exact) mass is 385 g/mol. The zero-order valence-corrected chi connectivity index (χ0v) is 16.2. The Morgan fingerprint density at radius 2 is 1.67 bits per heavy atom. The summed E-state index contributed by atoms with van der Waals surface area (Å²) < 4.78 is 25.0. The first-order valence-corrected chi connectivity index (χ1v) is 10.7. The van der Waals surface area contributed by atoms with E-state index in [1.165, 1.54) is 0 Å². The summed E-state index contributed by atoms with van der Waals surface area (Å²) >= 11 is 0. The molecule has 4 rings (SSSR count). The lowest BCUT2D eigenvalue weighted by molar-refractivity contribution is -0.131. The standard InChI is InChI=1S/C20H23N3O3S/c1-16-5-7-17(8-6-16)27(25,26)20(9-10-20)19(24)23-14-12-22(13-15-23)18-4-2-3-11-21-18/h2-8,11H,9-10,12-15H2,1H3. The van der Waals surface area contributed by atoms with Crippen LogP contribution in [0, 0.1) is 6.92 Å². The molecule has 27 heavy (non-hydrogen) atoms. The maximum atomic E-state index is 13.1. The Balaban J connectivity index is 1.49. The predicted octanol–water partition coefficient (Wildman–Crippen LogP) is 2.05. The normalized spacial score (nSPS) is 19.0. The van der Waals surface area contributed by atoms with Crippen LogP contribution in [0.3, 0.4) is 0 Å². The van der Waals surface area contributed by atoms with Crippen molar-refractivity contribution >= 4 is 21.6 Å². The molecule has 1 saturated carbocycles. The number of aromatic nitrogens is 1. The van der Waals surface area contributed by atoms with Crippen molar-refractivity contribution in [3.63, 3.8) is 0 Å². The van der Waals surface area contributed by atoms with Gasteiger partial charge in [-0.05, 0) is 44.0 Å². The minimum Gasteiger partial charge on any atom is -0.353 e. The van der Waals surface area contributed by atoms with Crippen molar-refractivity contribution in [3.8, 4) is 0 Å². The third-order valence-electron chi connectivity index (χ3n) is 5.48. The fourth-order valence-electron chi connectivity index (χ4n) is 3.62. The molecule has 2 aromatic rings. The Morgan fingerprint density at radius 1 is 1.00 bits per heavy atom. The van der Waals surface area contributed by atoms with Gasteiger partial charge in [0.1, 0.15) is 5.82 Å². The van der Waals surface area contributed by atoms with Crippen molar-refractivity contribution in [2.75, 3.05) is 31.1 Å². The first-order chi connectivity index (χ1) is 12.9. The Labute approximate surface area is 159 Å². The minimum atomic E-state index is -3.68. The van der Waals surface area contributed by atoms with E-state index in [0.29, 0.717) is 39.0 Å². The van der Waals surface area contributed by atoms with Crippen molar-refractivity contribution in [1.29, 1.82) is 0 Å². The van der Waals surface area contributed by atoms with Gasteiger partial charge in [0.15, 0.2) is 14.6 Å². The Hall–Kier alpha value is -2.41.